The van der Waals surface area contributed by atoms with Crippen LogP contribution in [0.1, 0.15) is 12.5 Å². The van der Waals surface area contributed by atoms with Gasteiger partial charge >= 0.3 is 0 Å². The summed E-state index contributed by atoms with van der Waals surface area (Å²) in [6.07, 6.45) is -0.795. The molecule has 1 aliphatic rings. The van der Waals surface area contributed by atoms with E-state index in [1.54, 1.807) is 19.1 Å². The van der Waals surface area contributed by atoms with Gasteiger partial charge in [0.1, 0.15) is 11.5 Å². The molecule has 1 unspecified atom stereocenters. The van der Waals surface area contributed by atoms with Gasteiger partial charge in [-0.15, -0.1) is 0 Å². The molecule has 0 spiro atoms. The van der Waals surface area contributed by atoms with Gasteiger partial charge < -0.3 is 19.5 Å². The molecule has 2 aromatic carbocycles. The first-order valence-electron chi connectivity index (χ1n) is 9.61. The second kappa shape index (κ2) is 9.46. The van der Waals surface area contributed by atoms with Gasteiger partial charge in [-0.25, -0.2) is 8.42 Å². The van der Waals surface area contributed by atoms with Crippen molar-refractivity contribution in [2.75, 3.05) is 38.7 Å². The summed E-state index contributed by atoms with van der Waals surface area (Å²) in [6, 6.07) is 11.7. The fourth-order valence-electron chi connectivity index (χ4n) is 2.99. The molecule has 1 heterocycles. The lowest BCUT2D eigenvalue weighted by Crippen LogP contribution is -2.40. The van der Waals surface area contributed by atoms with Gasteiger partial charge in [0.15, 0.2) is 6.10 Å². The number of carbonyl (C=O) groups excluding carboxylic acids is 1. The third-order valence-corrected chi connectivity index (χ3v) is 6.63. The van der Waals surface area contributed by atoms with E-state index >= 15 is 0 Å². The van der Waals surface area contributed by atoms with Crippen molar-refractivity contribution in [2.45, 2.75) is 24.8 Å². The van der Waals surface area contributed by atoms with E-state index in [1.807, 2.05) is 19.1 Å². The number of sulfonamides is 1. The molecule has 162 valence electrons. The minimum atomic E-state index is -3.70. The Kier molecular flexibility index (Phi) is 6.96. The van der Waals surface area contributed by atoms with E-state index in [9.17, 15) is 13.2 Å². The highest BCUT2D eigenvalue weighted by Crippen LogP contribution is 2.29. The Morgan fingerprint density at radius 2 is 1.80 bits per heavy atom. The van der Waals surface area contributed by atoms with Crippen LogP contribution in [0.3, 0.4) is 0 Å². The lowest BCUT2D eigenvalue weighted by atomic mass is 10.2. The van der Waals surface area contributed by atoms with Crippen LogP contribution < -0.4 is 14.8 Å². The third kappa shape index (κ3) is 5.10. The number of aryl methyl sites for hydroxylation is 1. The molecule has 1 N–H and O–H groups in total. The maximum Gasteiger partial charge on any atom is 0.265 e. The molecule has 0 saturated carbocycles. The van der Waals surface area contributed by atoms with E-state index in [4.69, 9.17) is 14.2 Å². The van der Waals surface area contributed by atoms with E-state index in [0.29, 0.717) is 24.7 Å². The number of anilines is 1. The molecule has 0 aromatic heterocycles. The van der Waals surface area contributed by atoms with E-state index in [-0.39, 0.29) is 23.7 Å². The average Bonchev–Trinajstić information content (AvgIpc) is 2.75. The number of nitrogens with zero attached hydrogens (tertiary/aromatic N) is 1. The number of amides is 1. The highest BCUT2D eigenvalue weighted by atomic mass is 32.2. The van der Waals surface area contributed by atoms with Crippen LogP contribution in [0.25, 0.3) is 0 Å². The summed E-state index contributed by atoms with van der Waals surface area (Å²) in [5.41, 5.74) is 1.35. The van der Waals surface area contributed by atoms with Crippen molar-refractivity contribution in [3.05, 3.63) is 48.0 Å². The van der Waals surface area contributed by atoms with E-state index in [2.05, 4.69) is 5.32 Å². The molecule has 0 aliphatic carbocycles. The minimum Gasteiger partial charge on any atom is -0.495 e. The van der Waals surface area contributed by atoms with Crippen molar-refractivity contribution in [3.8, 4) is 11.5 Å². The molecule has 8 nitrogen and oxygen atoms in total. The van der Waals surface area contributed by atoms with Crippen molar-refractivity contribution in [2.24, 2.45) is 0 Å². The first-order chi connectivity index (χ1) is 14.3. The maximum absolute atomic E-state index is 12.9. The van der Waals surface area contributed by atoms with Crippen LogP contribution in [0, 0.1) is 6.92 Å². The number of methoxy groups -OCH3 is 1. The predicted octanol–water partition coefficient (Wildman–Crippen LogP) is 2.43. The molecule has 1 atom stereocenters. The smallest absolute Gasteiger partial charge is 0.265 e. The Balaban J connectivity index is 1.77. The van der Waals surface area contributed by atoms with Gasteiger partial charge in [0.25, 0.3) is 5.91 Å². The van der Waals surface area contributed by atoms with Crippen LogP contribution in [0.2, 0.25) is 0 Å². The van der Waals surface area contributed by atoms with Crippen molar-refractivity contribution >= 4 is 21.6 Å². The van der Waals surface area contributed by atoms with Crippen LogP contribution in [0.4, 0.5) is 5.69 Å². The summed E-state index contributed by atoms with van der Waals surface area (Å²) in [4.78, 5) is 12.7. The van der Waals surface area contributed by atoms with E-state index in [1.165, 1.54) is 29.6 Å². The minimum absolute atomic E-state index is 0.0765. The summed E-state index contributed by atoms with van der Waals surface area (Å²) in [6.45, 7) is 4.87. The van der Waals surface area contributed by atoms with E-state index in [0.717, 1.165) is 5.56 Å². The molecule has 0 radical (unpaired) electrons. The Morgan fingerprint density at radius 1 is 1.13 bits per heavy atom. The molecule has 0 bridgehead atoms. The fourth-order valence-corrected chi connectivity index (χ4v) is 4.42. The SMILES string of the molecule is COc1ccc(S(=O)(=O)N2CCOCC2)cc1NC(=O)C(C)Oc1ccc(C)cc1. The Labute approximate surface area is 176 Å². The molecular weight excluding hydrogens is 408 g/mol. The molecule has 3 rings (SSSR count). The zero-order chi connectivity index (χ0) is 21.7. The highest BCUT2D eigenvalue weighted by Gasteiger charge is 2.27. The zero-order valence-corrected chi connectivity index (χ0v) is 18.1. The Morgan fingerprint density at radius 3 is 2.43 bits per heavy atom. The quantitative estimate of drug-likeness (QED) is 0.719. The van der Waals surface area contributed by atoms with Gasteiger partial charge in [-0.1, -0.05) is 17.7 Å². The number of carbonyl (C=O) groups is 1. The van der Waals surface area contributed by atoms with Crippen molar-refractivity contribution < 1.29 is 27.4 Å². The van der Waals surface area contributed by atoms with Crippen LogP contribution in [0.15, 0.2) is 47.4 Å². The number of hydrogen-bond donors (Lipinski definition) is 1. The molecular formula is C21H26N2O6S. The topological polar surface area (TPSA) is 94.2 Å². The summed E-state index contributed by atoms with van der Waals surface area (Å²) in [5, 5.41) is 2.71. The first kappa shape index (κ1) is 22.1. The number of benzene rings is 2. The number of nitrogens with one attached hydrogen (secondary N) is 1. The molecule has 9 heteroatoms. The highest BCUT2D eigenvalue weighted by molar-refractivity contribution is 7.89. The fraction of sp³-hybridized carbons (Fsp3) is 0.381. The molecule has 30 heavy (non-hydrogen) atoms. The molecule has 1 fully saturated rings. The lowest BCUT2D eigenvalue weighted by Gasteiger charge is -2.26. The Hall–Kier alpha value is -2.62. The number of ether oxygens (including phenoxy) is 3. The normalized spacial score (nSPS) is 16.0. The summed E-state index contributed by atoms with van der Waals surface area (Å²) >= 11 is 0. The summed E-state index contributed by atoms with van der Waals surface area (Å²) in [7, 11) is -2.25. The monoisotopic (exact) mass is 434 g/mol. The van der Waals surface area contributed by atoms with E-state index < -0.39 is 22.0 Å². The summed E-state index contributed by atoms with van der Waals surface area (Å²) in [5.74, 6) is 0.500. The van der Waals surface area contributed by atoms with Crippen LogP contribution >= 0.6 is 0 Å². The number of morpholine rings is 1. The number of rotatable bonds is 7. The van der Waals surface area contributed by atoms with Gasteiger partial charge in [-0.2, -0.15) is 4.31 Å². The lowest BCUT2D eigenvalue weighted by molar-refractivity contribution is -0.122. The second-order valence-corrected chi connectivity index (χ2v) is 8.88. The number of hydrogen-bond acceptors (Lipinski definition) is 6. The van der Waals surface area contributed by atoms with Crippen LogP contribution in [0.5, 0.6) is 11.5 Å². The van der Waals surface area contributed by atoms with Gasteiger partial charge in [0.2, 0.25) is 10.0 Å². The molecule has 1 aliphatic heterocycles. The van der Waals surface area contributed by atoms with Gasteiger partial charge in [0, 0.05) is 13.1 Å². The zero-order valence-electron chi connectivity index (χ0n) is 17.3. The first-order valence-corrected chi connectivity index (χ1v) is 11.1. The van der Waals surface area contributed by atoms with Crippen molar-refractivity contribution in [3.63, 3.8) is 0 Å². The van der Waals surface area contributed by atoms with Crippen molar-refractivity contribution in [1.82, 2.24) is 4.31 Å². The molecule has 1 saturated heterocycles. The predicted molar refractivity (Wildman–Crippen MR) is 112 cm³/mol. The van der Waals surface area contributed by atoms with Gasteiger partial charge in [-0.3, -0.25) is 4.79 Å². The molecule has 1 amide bonds. The second-order valence-electron chi connectivity index (χ2n) is 6.94. The van der Waals surface area contributed by atoms with Crippen molar-refractivity contribution in [1.29, 1.82) is 0 Å². The molecule has 2 aromatic rings. The van der Waals surface area contributed by atoms with Crippen LogP contribution in [-0.2, 0) is 19.6 Å². The summed E-state index contributed by atoms with van der Waals surface area (Å²) < 4.78 is 43.4. The van der Waals surface area contributed by atoms with Gasteiger partial charge in [-0.05, 0) is 44.2 Å². The Bertz CT molecular complexity index is 985. The van der Waals surface area contributed by atoms with Crippen LogP contribution in [-0.4, -0.2) is 58.1 Å². The maximum atomic E-state index is 12.9. The largest absolute Gasteiger partial charge is 0.495 e. The third-order valence-electron chi connectivity index (χ3n) is 4.74. The standard InChI is InChI=1S/C21H26N2O6S/c1-15-4-6-17(7-5-15)29-16(2)21(24)22-19-14-18(8-9-20(19)27-3)30(25,26)23-10-12-28-13-11-23/h4-9,14,16H,10-13H2,1-3H3,(H,22,24). The van der Waals surface area contributed by atoms with Gasteiger partial charge in [0.05, 0.1) is 30.9 Å². The average molecular weight is 435 g/mol.